The van der Waals surface area contributed by atoms with Crippen molar-refractivity contribution in [2.24, 2.45) is 11.5 Å². The number of phenols is 1. The number of unbranched alkanes of at least 4 members (excludes halogenated alkanes) is 1. The van der Waals surface area contributed by atoms with Crippen LogP contribution in [0.25, 0.3) is 0 Å². The van der Waals surface area contributed by atoms with Gasteiger partial charge in [0.05, 0.1) is 12.5 Å². The lowest BCUT2D eigenvalue weighted by atomic mass is 10.0. The van der Waals surface area contributed by atoms with E-state index in [1.807, 2.05) is 0 Å². The van der Waals surface area contributed by atoms with Crippen molar-refractivity contribution >= 4 is 35.6 Å². The molecule has 2 fully saturated rings. The molecule has 0 unspecified atom stereocenters. The van der Waals surface area contributed by atoms with E-state index in [2.05, 4.69) is 10.6 Å². The Morgan fingerprint density at radius 1 is 0.886 bits per heavy atom. The molecule has 44 heavy (non-hydrogen) atoms. The van der Waals surface area contributed by atoms with Gasteiger partial charge >= 0.3 is 11.9 Å². The van der Waals surface area contributed by atoms with Crippen LogP contribution in [0, 0.1) is 0 Å². The molecule has 0 bridgehead atoms. The Labute approximate surface area is 254 Å². The first-order valence-electron chi connectivity index (χ1n) is 14.8. The standard InChI is InChI=1S/C29H42N6O9/c30-12-2-1-5-20(29(43)44)32-25(39)21(15-17-8-10-18(36)11-9-17)33-26(40)22-6-3-13-34(22)28(42)23-7-4-14-35(23)27(41)19(31)16-24(37)38/h8-11,19-23,36H,1-7,12-16,30-31H2,(H,32,39)(H,33,40)(H,37,38)(H,43,44)/t19-,20-,21-,22-,23-/m0/s1. The summed E-state index contributed by atoms with van der Waals surface area (Å²) < 4.78 is 0. The number of rotatable bonds is 15. The fourth-order valence-corrected chi connectivity index (χ4v) is 5.64. The van der Waals surface area contributed by atoms with Gasteiger partial charge in [-0.2, -0.15) is 0 Å². The van der Waals surface area contributed by atoms with Gasteiger partial charge in [-0.05, 0) is 69.2 Å². The highest BCUT2D eigenvalue weighted by atomic mass is 16.4. The lowest BCUT2D eigenvalue weighted by Crippen LogP contribution is -2.58. The summed E-state index contributed by atoms with van der Waals surface area (Å²) >= 11 is 0. The fourth-order valence-electron chi connectivity index (χ4n) is 5.64. The number of carbonyl (C=O) groups is 6. The number of aromatic hydroxyl groups is 1. The third kappa shape index (κ3) is 9.13. The van der Waals surface area contributed by atoms with Crippen molar-refractivity contribution < 1.29 is 44.1 Å². The number of benzene rings is 1. The number of amides is 4. The maximum Gasteiger partial charge on any atom is 0.326 e. The Kier molecular flexibility index (Phi) is 12.5. The van der Waals surface area contributed by atoms with E-state index in [9.17, 15) is 39.0 Å². The first-order valence-corrected chi connectivity index (χ1v) is 14.8. The van der Waals surface area contributed by atoms with Crippen molar-refractivity contribution in [2.45, 2.75) is 88.0 Å². The van der Waals surface area contributed by atoms with E-state index >= 15 is 0 Å². The van der Waals surface area contributed by atoms with Crippen molar-refractivity contribution in [3.05, 3.63) is 29.8 Å². The summed E-state index contributed by atoms with van der Waals surface area (Å²) in [5.41, 5.74) is 11.9. The van der Waals surface area contributed by atoms with Crippen molar-refractivity contribution in [3.8, 4) is 5.75 Å². The van der Waals surface area contributed by atoms with Crippen molar-refractivity contribution in [2.75, 3.05) is 19.6 Å². The minimum Gasteiger partial charge on any atom is -0.508 e. The zero-order valence-corrected chi connectivity index (χ0v) is 24.5. The van der Waals surface area contributed by atoms with Gasteiger partial charge in [-0.25, -0.2) is 4.79 Å². The molecule has 1 aromatic carbocycles. The molecule has 2 saturated heterocycles. The van der Waals surface area contributed by atoms with Crippen molar-refractivity contribution in [1.82, 2.24) is 20.4 Å². The van der Waals surface area contributed by atoms with Gasteiger partial charge in [0.25, 0.3) is 0 Å². The largest absolute Gasteiger partial charge is 0.508 e. The Morgan fingerprint density at radius 3 is 2.14 bits per heavy atom. The van der Waals surface area contributed by atoms with E-state index < -0.39 is 72.2 Å². The smallest absolute Gasteiger partial charge is 0.326 e. The van der Waals surface area contributed by atoms with Gasteiger partial charge in [0.15, 0.2) is 0 Å². The monoisotopic (exact) mass is 618 g/mol. The van der Waals surface area contributed by atoms with E-state index in [1.165, 1.54) is 21.9 Å². The molecule has 9 N–H and O–H groups in total. The summed E-state index contributed by atoms with van der Waals surface area (Å²) in [6, 6.07) is 0.465. The number of carboxylic acid groups (broad SMARTS) is 2. The number of hydrogen-bond donors (Lipinski definition) is 7. The van der Waals surface area contributed by atoms with Gasteiger partial charge in [-0.1, -0.05) is 12.1 Å². The van der Waals surface area contributed by atoms with Crippen LogP contribution in [-0.2, 0) is 35.2 Å². The highest BCUT2D eigenvalue weighted by Crippen LogP contribution is 2.26. The zero-order chi connectivity index (χ0) is 32.4. The molecule has 15 heteroatoms. The molecule has 3 rings (SSSR count). The van der Waals surface area contributed by atoms with Gasteiger partial charge < -0.3 is 47.2 Å². The van der Waals surface area contributed by atoms with E-state index in [0.717, 1.165) is 0 Å². The van der Waals surface area contributed by atoms with Crippen LogP contribution in [0.3, 0.4) is 0 Å². The fraction of sp³-hybridized carbons (Fsp3) is 0.586. The lowest BCUT2D eigenvalue weighted by Gasteiger charge is -2.32. The number of nitrogens with zero attached hydrogens (tertiary/aromatic N) is 2. The summed E-state index contributed by atoms with van der Waals surface area (Å²) in [7, 11) is 0. The predicted molar refractivity (Wildman–Crippen MR) is 156 cm³/mol. The number of likely N-dealkylation sites (tertiary alicyclic amines) is 2. The second-order valence-corrected chi connectivity index (χ2v) is 11.2. The Balaban J connectivity index is 1.76. The summed E-state index contributed by atoms with van der Waals surface area (Å²) in [5.74, 6) is -4.88. The molecular formula is C29H42N6O9. The quantitative estimate of drug-likeness (QED) is 0.116. The second kappa shape index (κ2) is 16.0. The van der Waals surface area contributed by atoms with Crippen LogP contribution in [0.15, 0.2) is 24.3 Å². The lowest BCUT2D eigenvalue weighted by molar-refractivity contribution is -0.148. The predicted octanol–water partition coefficient (Wildman–Crippen LogP) is -1.10. The molecule has 0 spiro atoms. The SMILES string of the molecule is NCCCC[C@H](NC(=O)[C@H](Cc1ccc(O)cc1)NC(=O)[C@@H]1CCCN1C(=O)[C@@H]1CCCN1C(=O)[C@@H](N)CC(=O)O)C(=O)O. The molecule has 1 aromatic rings. The Bertz CT molecular complexity index is 1210. The van der Waals surface area contributed by atoms with Crippen LogP contribution < -0.4 is 22.1 Å². The molecule has 0 radical (unpaired) electrons. The minimum absolute atomic E-state index is 0.00750. The maximum absolute atomic E-state index is 13.6. The number of phenolic OH excluding ortho intramolecular Hbond substituents is 1. The number of nitrogens with one attached hydrogen (secondary N) is 2. The first kappa shape index (κ1) is 34.3. The zero-order valence-electron chi connectivity index (χ0n) is 24.5. The number of aliphatic carboxylic acids is 2. The van der Waals surface area contributed by atoms with Gasteiger partial charge in [-0.3, -0.25) is 24.0 Å². The van der Waals surface area contributed by atoms with Gasteiger partial charge in [-0.15, -0.1) is 0 Å². The molecule has 2 aliphatic heterocycles. The van der Waals surface area contributed by atoms with Gasteiger partial charge in [0.1, 0.15) is 29.9 Å². The maximum atomic E-state index is 13.6. The van der Waals surface area contributed by atoms with Crippen molar-refractivity contribution in [3.63, 3.8) is 0 Å². The third-order valence-electron chi connectivity index (χ3n) is 7.94. The van der Waals surface area contributed by atoms with Crippen LogP contribution in [0.4, 0.5) is 0 Å². The molecule has 15 nitrogen and oxygen atoms in total. The summed E-state index contributed by atoms with van der Waals surface area (Å²) in [6.45, 7) is 0.851. The third-order valence-corrected chi connectivity index (χ3v) is 7.94. The number of hydrogen-bond acceptors (Lipinski definition) is 9. The first-order chi connectivity index (χ1) is 20.9. The minimum atomic E-state index is -1.30. The topological polar surface area (TPSA) is 246 Å². The van der Waals surface area contributed by atoms with E-state index in [4.69, 9.17) is 16.6 Å². The normalized spacial score (nSPS) is 20.0. The Hall–Kier alpha value is -4.24. The van der Waals surface area contributed by atoms with E-state index in [0.29, 0.717) is 50.6 Å². The second-order valence-electron chi connectivity index (χ2n) is 11.2. The van der Waals surface area contributed by atoms with Crippen LogP contribution in [0.1, 0.15) is 56.9 Å². The summed E-state index contributed by atoms with van der Waals surface area (Å²) in [5, 5.41) is 33.5. The highest BCUT2D eigenvalue weighted by molar-refractivity contribution is 5.96. The summed E-state index contributed by atoms with van der Waals surface area (Å²) in [6.07, 6.45) is 2.26. The molecular weight excluding hydrogens is 576 g/mol. The van der Waals surface area contributed by atoms with E-state index in [-0.39, 0.29) is 31.7 Å². The van der Waals surface area contributed by atoms with Crippen molar-refractivity contribution in [1.29, 1.82) is 0 Å². The summed E-state index contributed by atoms with van der Waals surface area (Å²) in [4.78, 5) is 78.9. The molecule has 2 heterocycles. The number of nitrogens with two attached hydrogens (primary N) is 2. The van der Waals surface area contributed by atoms with Crippen LogP contribution in [-0.4, -0.2) is 111 Å². The average molecular weight is 619 g/mol. The number of carbonyl (C=O) groups excluding carboxylic acids is 4. The van der Waals surface area contributed by atoms with E-state index in [1.54, 1.807) is 12.1 Å². The van der Waals surface area contributed by atoms with Crippen LogP contribution >= 0.6 is 0 Å². The highest BCUT2D eigenvalue weighted by Gasteiger charge is 2.43. The van der Waals surface area contributed by atoms with Gasteiger partial charge in [0.2, 0.25) is 23.6 Å². The van der Waals surface area contributed by atoms with Gasteiger partial charge in [0, 0.05) is 19.5 Å². The molecule has 0 aliphatic carbocycles. The average Bonchev–Trinajstić information content (AvgIpc) is 3.67. The molecule has 2 aliphatic rings. The molecule has 0 aromatic heterocycles. The van der Waals surface area contributed by atoms with Crippen LogP contribution in [0.2, 0.25) is 0 Å². The molecule has 242 valence electrons. The molecule has 5 atom stereocenters. The molecule has 4 amide bonds. The molecule has 0 saturated carbocycles. The number of carboxylic acids is 2. The van der Waals surface area contributed by atoms with Crippen LogP contribution in [0.5, 0.6) is 5.75 Å². The Morgan fingerprint density at radius 2 is 1.52 bits per heavy atom.